The zero-order valence-electron chi connectivity index (χ0n) is 13.8. The molecule has 1 atom stereocenters. The van der Waals surface area contributed by atoms with E-state index in [9.17, 15) is 18.8 Å². The quantitative estimate of drug-likeness (QED) is 0.594. The van der Waals surface area contributed by atoms with E-state index < -0.39 is 36.2 Å². The minimum Gasteiger partial charge on any atom is -0.480 e. The second-order valence-electron chi connectivity index (χ2n) is 6.10. The number of alkyl halides is 1. The third-order valence-corrected chi connectivity index (χ3v) is 4.30. The third kappa shape index (κ3) is 4.91. The molecule has 0 saturated heterocycles. The first-order chi connectivity index (χ1) is 12.0. The van der Waals surface area contributed by atoms with Gasteiger partial charge < -0.3 is 21.1 Å². The van der Waals surface area contributed by atoms with E-state index in [0.29, 0.717) is 19.4 Å². The van der Waals surface area contributed by atoms with Gasteiger partial charge in [-0.2, -0.15) is 0 Å². The van der Waals surface area contributed by atoms with Gasteiger partial charge in [0, 0.05) is 6.54 Å². The van der Waals surface area contributed by atoms with Crippen LogP contribution in [0, 0.1) is 0 Å². The van der Waals surface area contributed by atoms with Crippen LogP contribution in [0.3, 0.4) is 0 Å². The van der Waals surface area contributed by atoms with Crippen LogP contribution in [-0.2, 0) is 16.1 Å². The Labute approximate surface area is 145 Å². The molecule has 25 heavy (non-hydrogen) atoms. The summed E-state index contributed by atoms with van der Waals surface area (Å²) in [4.78, 5) is 35.6. The summed E-state index contributed by atoms with van der Waals surface area (Å²) in [7, 11) is 0. The van der Waals surface area contributed by atoms with Crippen LogP contribution in [0.15, 0.2) is 30.3 Å². The summed E-state index contributed by atoms with van der Waals surface area (Å²) in [6, 6.07) is 7.15. The van der Waals surface area contributed by atoms with Gasteiger partial charge in [0.05, 0.1) is 0 Å². The van der Waals surface area contributed by atoms with E-state index in [1.165, 1.54) is 0 Å². The number of carboxylic acid groups (broad SMARTS) is 1. The van der Waals surface area contributed by atoms with E-state index in [2.05, 4.69) is 16.0 Å². The summed E-state index contributed by atoms with van der Waals surface area (Å²) >= 11 is 0. The molecule has 8 heteroatoms. The number of hydrogen-bond acceptors (Lipinski definition) is 3. The standard InChI is InChI=1S/C17H22FN3O4/c18-10-13(14(22)23)20-15(24)17(8-4-5-9-17)21-16(25)19-11-12-6-2-1-3-7-12/h1-3,6-7,13H,4-5,8-11H2,(H,20,24)(H,22,23)(H2,19,21,25). The number of amides is 3. The number of urea groups is 1. The smallest absolute Gasteiger partial charge is 0.328 e. The normalized spacial score (nSPS) is 16.7. The van der Waals surface area contributed by atoms with Gasteiger partial charge in [-0.15, -0.1) is 0 Å². The Kier molecular flexibility index (Phi) is 6.32. The third-order valence-electron chi connectivity index (χ3n) is 4.30. The molecule has 0 bridgehead atoms. The van der Waals surface area contributed by atoms with Gasteiger partial charge >= 0.3 is 12.0 Å². The highest BCUT2D eigenvalue weighted by Crippen LogP contribution is 2.30. The molecule has 0 heterocycles. The van der Waals surface area contributed by atoms with Gasteiger partial charge in [-0.25, -0.2) is 14.0 Å². The molecule has 2 rings (SSSR count). The molecule has 3 amide bonds. The first kappa shape index (κ1) is 18.7. The molecule has 0 radical (unpaired) electrons. The van der Waals surface area contributed by atoms with E-state index in [1.54, 1.807) is 0 Å². The van der Waals surface area contributed by atoms with E-state index in [0.717, 1.165) is 18.4 Å². The lowest BCUT2D eigenvalue weighted by Gasteiger charge is -2.30. The molecular formula is C17H22FN3O4. The molecule has 1 aromatic carbocycles. The maximum absolute atomic E-state index is 12.8. The molecule has 1 aliphatic rings. The number of hydrogen-bond donors (Lipinski definition) is 4. The predicted octanol–water partition coefficient (Wildman–Crippen LogP) is 1.34. The van der Waals surface area contributed by atoms with Crippen molar-refractivity contribution in [2.75, 3.05) is 6.67 Å². The number of carboxylic acids is 1. The molecule has 1 unspecified atom stereocenters. The summed E-state index contributed by atoms with van der Waals surface area (Å²) in [5, 5.41) is 16.4. The first-order valence-electron chi connectivity index (χ1n) is 8.16. The molecule has 4 N–H and O–H groups in total. The fourth-order valence-electron chi connectivity index (χ4n) is 2.89. The van der Waals surface area contributed by atoms with Crippen LogP contribution in [0.2, 0.25) is 0 Å². The molecule has 1 aliphatic carbocycles. The van der Waals surface area contributed by atoms with Crippen molar-refractivity contribution in [2.24, 2.45) is 0 Å². The molecular weight excluding hydrogens is 329 g/mol. The summed E-state index contributed by atoms with van der Waals surface area (Å²) in [6.45, 7) is -0.913. The Morgan fingerprint density at radius 1 is 1.16 bits per heavy atom. The summed E-state index contributed by atoms with van der Waals surface area (Å²) < 4.78 is 12.8. The van der Waals surface area contributed by atoms with Gasteiger partial charge in [-0.1, -0.05) is 43.2 Å². The lowest BCUT2D eigenvalue weighted by Crippen LogP contribution is -2.61. The fraction of sp³-hybridized carbons (Fsp3) is 0.471. The van der Waals surface area contributed by atoms with Gasteiger partial charge in [-0.3, -0.25) is 4.79 Å². The van der Waals surface area contributed by atoms with E-state index >= 15 is 0 Å². The molecule has 0 aliphatic heterocycles. The minimum absolute atomic E-state index is 0.298. The van der Waals surface area contributed by atoms with Gasteiger partial charge in [0.15, 0.2) is 6.04 Å². The fourth-order valence-corrected chi connectivity index (χ4v) is 2.89. The van der Waals surface area contributed by atoms with E-state index in [-0.39, 0.29) is 0 Å². The van der Waals surface area contributed by atoms with Crippen LogP contribution < -0.4 is 16.0 Å². The number of aliphatic carboxylic acids is 1. The van der Waals surface area contributed by atoms with Crippen molar-refractivity contribution < 1.29 is 23.9 Å². The average molecular weight is 351 g/mol. The monoisotopic (exact) mass is 351 g/mol. The van der Waals surface area contributed by atoms with Gasteiger partial charge in [-0.05, 0) is 18.4 Å². The zero-order chi connectivity index (χ0) is 18.3. The van der Waals surface area contributed by atoms with Crippen molar-refractivity contribution >= 4 is 17.9 Å². The Morgan fingerprint density at radius 3 is 2.36 bits per heavy atom. The lowest BCUT2D eigenvalue weighted by molar-refractivity contribution is -0.143. The topological polar surface area (TPSA) is 108 Å². The number of rotatable bonds is 7. The first-order valence-corrected chi connectivity index (χ1v) is 8.16. The van der Waals surface area contributed by atoms with Crippen molar-refractivity contribution in [1.29, 1.82) is 0 Å². The van der Waals surface area contributed by atoms with Crippen LogP contribution in [-0.4, -0.2) is 41.3 Å². The number of nitrogens with one attached hydrogen (secondary N) is 3. The van der Waals surface area contributed by atoms with E-state index in [1.807, 2.05) is 30.3 Å². The summed E-state index contributed by atoms with van der Waals surface area (Å²) in [5.74, 6) is -2.11. The largest absolute Gasteiger partial charge is 0.480 e. The Balaban J connectivity index is 1.97. The molecule has 1 saturated carbocycles. The predicted molar refractivity (Wildman–Crippen MR) is 88.6 cm³/mol. The SMILES string of the molecule is O=C(NCc1ccccc1)NC1(C(=O)NC(CF)C(=O)O)CCCC1. The highest BCUT2D eigenvalue weighted by Gasteiger charge is 2.43. The van der Waals surface area contributed by atoms with Crippen LogP contribution in [0.25, 0.3) is 0 Å². The van der Waals surface area contributed by atoms with Crippen molar-refractivity contribution in [1.82, 2.24) is 16.0 Å². The Bertz CT molecular complexity index is 618. The molecule has 1 aromatic rings. The second-order valence-corrected chi connectivity index (χ2v) is 6.10. The van der Waals surface area contributed by atoms with Crippen molar-refractivity contribution in [2.45, 2.75) is 43.8 Å². The van der Waals surface area contributed by atoms with Crippen LogP contribution in [0.5, 0.6) is 0 Å². The Morgan fingerprint density at radius 2 is 1.80 bits per heavy atom. The molecule has 7 nitrogen and oxygen atoms in total. The van der Waals surface area contributed by atoms with Crippen molar-refractivity contribution in [3.8, 4) is 0 Å². The highest BCUT2D eigenvalue weighted by molar-refractivity contribution is 5.93. The maximum atomic E-state index is 12.8. The summed E-state index contributed by atoms with van der Waals surface area (Å²) in [5.41, 5.74) is -0.296. The maximum Gasteiger partial charge on any atom is 0.328 e. The zero-order valence-corrected chi connectivity index (χ0v) is 13.8. The highest BCUT2D eigenvalue weighted by atomic mass is 19.1. The number of carbonyl (C=O) groups is 3. The van der Waals surface area contributed by atoms with Crippen LogP contribution in [0.1, 0.15) is 31.2 Å². The van der Waals surface area contributed by atoms with Gasteiger partial charge in [0.25, 0.3) is 0 Å². The number of carbonyl (C=O) groups excluding carboxylic acids is 2. The average Bonchev–Trinajstić information content (AvgIpc) is 3.08. The van der Waals surface area contributed by atoms with Crippen LogP contribution in [0.4, 0.5) is 9.18 Å². The minimum atomic E-state index is -1.61. The Hall–Kier alpha value is -2.64. The van der Waals surface area contributed by atoms with Gasteiger partial charge in [0.1, 0.15) is 12.2 Å². The number of benzene rings is 1. The lowest BCUT2D eigenvalue weighted by atomic mass is 9.96. The molecule has 0 spiro atoms. The van der Waals surface area contributed by atoms with E-state index in [4.69, 9.17) is 5.11 Å². The van der Waals surface area contributed by atoms with Crippen LogP contribution >= 0.6 is 0 Å². The molecule has 0 aromatic heterocycles. The number of halogens is 1. The molecule has 136 valence electrons. The summed E-state index contributed by atoms with van der Waals surface area (Å²) in [6.07, 6.45) is 2.21. The second kappa shape index (κ2) is 8.46. The van der Waals surface area contributed by atoms with Crippen molar-refractivity contribution in [3.63, 3.8) is 0 Å². The van der Waals surface area contributed by atoms with Crippen molar-refractivity contribution in [3.05, 3.63) is 35.9 Å². The van der Waals surface area contributed by atoms with Gasteiger partial charge in [0.2, 0.25) is 5.91 Å². The molecule has 1 fully saturated rings.